The zero-order valence-electron chi connectivity index (χ0n) is 10.9. The maximum absolute atomic E-state index is 5.93. The number of piperidine rings is 1. The quantitative estimate of drug-likeness (QED) is 0.848. The van der Waals surface area contributed by atoms with Crippen LogP contribution in [0.5, 0.6) is 0 Å². The van der Waals surface area contributed by atoms with Gasteiger partial charge in [-0.2, -0.15) is 0 Å². The van der Waals surface area contributed by atoms with Gasteiger partial charge in [0, 0.05) is 18.3 Å². The van der Waals surface area contributed by atoms with E-state index in [1.165, 1.54) is 24.8 Å². The van der Waals surface area contributed by atoms with Crippen molar-refractivity contribution in [3.8, 4) is 0 Å². The number of fused-ring (bicyclic) bond motifs is 2. The Bertz CT molecular complexity index is 595. The van der Waals surface area contributed by atoms with Crippen LogP contribution in [0.25, 0.3) is 16.7 Å². The van der Waals surface area contributed by atoms with Gasteiger partial charge in [-0.25, -0.2) is 0 Å². The van der Waals surface area contributed by atoms with E-state index in [1.807, 2.05) is 18.3 Å². The van der Waals surface area contributed by atoms with E-state index in [9.17, 15) is 0 Å². The first kappa shape index (κ1) is 11.2. The first-order valence-electron chi connectivity index (χ1n) is 7.17. The van der Waals surface area contributed by atoms with Crippen molar-refractivity contribution in [2.45, 2.75) is 31.7 Å². The van der Waals surface area contributed by atoms with Crippen LogP contribution in [-0.4, -0.2) is 17.6 Å². The lowest BCUT2D eigenvalue weighted by Crippen LogP contribution is -2.42. The molecular weight excluding hydrogens is 236 g/mol. The Hall–Kier alpha value is -1.61. The summed E-state index contributed by atoms with van der Waals surface area (Å²) in [6.45, 7) is 1.16. The van der Waals surface area contributed by atoms with Crippen molar-refractivity contribution < 1.29 is 4.42 Å². The van der Waals surface area contributed by atoms with Crippen LogP contribution < -0.4 is 5.32 Å². The van der Waals surface area contributed by atoms with Crippen LogP contribution >= 0.6 is 0 Å². The summed E-state index contributed by atoms with van der Waals surface area (Å²) in [5, 5.41) is 3.66. The fraction of sp³-hybridized carbons (Fsp3) is 0.438. The standard InChI is InChI=1S/C16H18N2O/c1-3-11-5-6-12(9-13(11)17-7-1)16-10-14-15(19-16)4-2-8-18-14/h2,4,6,8,10-11,13,17H,1,3,5,7,9H2/t11-,13+/m1/s1. The normalized spacial score (nSPS) is 27.1. The van der Waals surface area contributed by atoms with E-state index in [2.05, 4.69) is 22.4 Å². The maximum atomic E-state index is 5.93. The fourth-order valence-corrected chi connectivity index (χ4v) is 3.38. The Morgan fingerprint density at radius 1 is 1.37 bits per heavy atom. The van der Waals surface area contributed by atoms with Gasteiger partial charge in [-0.05, 0) is 55.9 Å². The summed E-state index contributed by atoms with van der Waals surface area (Å²) in [6.07, 6.45) is 9.13. The number of aromatic nitrogens is 1. The van der Waals surface area contributed by atoms with Crippen LogP contribution in [-0.2, 0) is 0 Å². The Balaban J connectivity index is 1.66. The van der Waals surface area contributed by atoms with E-state index in [0.717, 1.165) is 35.7 Å². The SMILES string of the molecule is C1=C(c2cc3ncccc3o2)C[C@@H]2NCCC[C@@H]2C1. The van der Waals surface area contributed by atoms with E-state index < -0.39 is 0 Å². The van der Waals surface area contributed by atoms with Crippen molar-refractivity contribution in [1.29, 1.82) is 0 Å². The number of allylic oxidation sites excluding steroid dienone is 1. The molecule has 1 fully saturated rings. The van der Waals surface area contributed by atoms with Gasteiger partial charge >= 0.3 is 0 Å². The van der Waals surface area contributed by atoms with Gasteiger partial charge in [0.2, 0.25) is 0 Å². The molecule has 2 aromatic rings. The number of furan rings is 1. The molecule has 0 amide bonds. The Morgan fingerprint density at radius 3 is 3.32 bits per heavy atom. The molecule has 0 saturated carbocycles. The summed E-state index contributed by atoms with van der Waals surface area (Å²) >= 11 is 0. The third-order valence-corrected chi connectivity index (χ3v) is 4.44. The van der Waals surface area contributed by atoms with Crippen LogP contribution in [0.3, 0.4) is 0 Å². The highest BCUT2D eigenvalue weighted by Crippen LogP contribution is 2.36. The second-order valence-corrected chi connectivity index (χ2v) is 5.63. The van der Waals surface area contributed by atoms with Crippen LogP contribution in [0.4, 0.5) is 0 Å². The summed E-state index contributed by atoms with van der Waals surface area (Å²) in [4.78, 5) is 4.34. The molecule has 3 nitrogen and oxygen atoms in total. The molecule has 0 bridgehead atoms. The average molecular weight is 254 g/mol. The number of hydrogen-bond acceptors (Lipinski definition) is 3. The number of rotatable bonds is 1. The second kappa shape index (κ2) is 4.49. The van der Waals surface area contributed by atoms with E-state index in [-0.39, 0.29) is 0 Å². The third-order valence-electron chi connectivity index (χ3n) is 4.44. The Kier molecular flexibility index (Phi) is 2.66. The highest BCUT2D eigenvalue weighted by atomic mass is 16.3. The van der Waals surface area contributed by atoms with Crippen molar-refractivity contribution in [2.24, 2.45) is 5.92 Å². The minimum Gasteiger partial charge on any atom is -0.455 e. The second-order valence-electron chi connectivity index (χ2n) is 5.63. The molecule has 19 heavy (non-hydrogen) atoms. The highest BCUT2D eigenvalue weighted by molar-refractivity contribution is 5.78. The Morgan fingerprint density at radius 2 is 2.37 bits per heavy atom. The number of nitrogens with zero attached hydrogens (tertiary/aromatic N) is 1. The first-order chi connectivity index (χ1) is 9.40. The van der Waals surface area contributed by atoms with Crippen LogP contribution in [0, 0.1) is 5.92 Å². The van der Waals surface area contributed by atoms with Gasteiger partial charge in [-0.3, -0.25) is 4.98 Å². The summed E-state index contributed by atoms with van der Waals surface area (Å²) < 4.78 is 5.93. The smallest absolute Gasteiger partial charge is 0.153 e. The summed E-state index contributed by atoms with van der Waals surface area (Å²) in [6, 6.07) is 6.61. The molecule has 1 aliphatic heterocycles. The fourth-order valence-electron chi connectivity index (χ4n) is 3.38. The van der Waals surface area contributed by atoms with E-state index >= 15 is 0 Å². The van der Waals surface area contributed by atoms with Crippen molar-refractivity contribution in [3.63, 3.8) is 0 Å². The molecule has 98 valence electrons. The van der Waals surface area contributed by atoms with E-state index in [1.54, 1.807) is 0 Å². The lowest BCUT2D eigenvalue weighted by Gasteiger charge is -2.35. The average Bonchev–Trinajstić information content (AvgIpc) is 2.90. The van der Waals surface area contributed by atoms with Crippen molar-refractivity contribution in [1.82, 2.24) is 10.3 Å². The van der Waals surface area contributed by atoms with Crippen LogP contribution in [0.15, 0.2) is 34.9 Å². The van der Waals surface area contributed by atoms with Crippen molar-refractivity contribution in [2.75, 3.05) is 6.54 Å². The molecule has 2 aliphatic rings. The molecule has 3 heteroatoms. The molecule has 2 aromatic heterocycles. The molecular formula is C16H18N2O. The third kappa shape index (κ3) is 1.98. The summed E-state index contributed by atoms with van der Waals surface area (Å²) in [5.74, 6) is 1.82. The van der Waals surface area contributed by atoms with Gasteiger partial charge in [0.25, 0.3) is 0 Å². The lowest BCUT2D eigenvalue weighted by atomic mass is 9.79. The molecule has 3 heterocycles. The van der Waals surface area contributed by atoms with Gasteiger partial charge in [-0.1, -0.05) is 6.08 Å². The van der Waals surface area contributed by atoms with Crippen molar-refractivity contribution in [3.05, 3.63) is 36.2 Å². The first-order valence-corrected chi connectivity index (χ1v) is 7.17. The largest absolute Gasteiger partial charge is 0.455 e. The monoisotopic (exact) mass is 254 g/mol. The van der Waals surface area contributed by atoms with E-state index in [0.29, 0.717) is 6.04 Å². The molecule has 0 unspecified atom stereocenters. The number of hydrogen-bond donors (Lipinski definition) is 1. The van der Waals surface area contributed by atoms with Gasteiger partial charge in [0.05, 0.1) is 0 Å². The van der Waals surface area contributed by atoms with Gasteiger partial charge in [0.1, 0.15) is 11.3 Å². The minimum absolute atomic E-state index is 0.634. The Labute approximate surface area is 112 Å². The molecule has 2 atom stereocenters. The van der Waals surface area contributed by atoms with Gasteiger partial charge in [-0.15, -0.1) is 0 Å². The molecule has 1 aliphatic carbocycles. The summed E-state index contributed by atoms with van der Waals surface area (Å²) in [5.41, 5.74) is 3.18. The molecule has 0 radical (unpaired) electrons. The lowest BCUT2D eigenvalue weighted by molar-refractivity contribution is 0.276. The number of pyridine rings is 1. The van der Waals surface area contributed by atoms with Crippen LogP contribution in [0.2, 0.25) is 0 Å². The van der Waals surface area contributed by atoms with Gasteiger partial charge in [0.15, 0.2) is 5.58 Å². The predicted octanol–water partition coefficient (Wildman–Crippen LogP) is 3.37. The minimum atomic E-state index is 0.634. The molecule has 0 spiro atoms. The zero-order valence-corrected chi connectivity index (χ0v) is 10.9. The van der Waals surface area contributed by atoms with E-state index in [4.69, 9.17) is 4.42 Å². The topological polar surface area (TPSA) is 38.1 Å². The van der Waals surface area contributed by atoms with Crippen molar-refractivity contribution >= 4 is 16.7 Å². The number of nitrogens with one attached hydrogen (secondary N) is 1. The molecule has 4 rings (SSSR count). The molecule has 1 saturated heterocycles. The summed E-state index contributed by atoms with van der Waals surface area (Å²) in [7, 11) is 0. The molecule has 1 N–H and O–H groups in total. The molecule has 0 aromatic carbocycles. The van der Waals surface area contributed by atoms with Crippen LogP contribution in [0.1, 0.15) is 31.4 Å². The van der Waals surface area contributed by atoms with Gasteiger partial charge < -0.3 is 9.73 Å². The maximum Gasteiger partial charge on any atom is 0.153 e. The highest BCUT2D eigenvalue weighted by Gasteiger charge is 2.29. The predicted molar refractivity (Wildman–Crippen MR) is 75.7 cm³/mol. The zero-order chi connectivity index (χ0) is 12.7.